The van der Waals surface area contributed by atoms with Crippen LogP contribution in [0.5, 0.6) is 5.75 Å². The third kappa shape index (κ3) is 3.71. The van der Waals surface area contributed by atoms with E-state index >= 15 is 0 Å². The molecule has 2 aliphatic rings. The lowest BCUT2D eigenvalue weighted by Crippen LogP contribution is -2.20. The average molecular weight is 386 g/mol. The van der Waals surface area contributed by atoms with E-state index in [0.29, 0.717) is 10.8 Å². The molecule has 0 fully saturated rings. The van der Waals surface area contributed by atoms with Crippen LogP contribution in [0.1, 0.15) is 5.56 Å². The molecule has 0 bridgehead atoms. The third-order valence-electron chi connectivity index (χ3n) is 4.00. The molecule has 2 aliphatic heterocycles. The lowest BCUT2D eigenvalue weighted by atomic mass is 10.1. The maximum Gasteiger partial charge on any atom is 0.262 e. The Balaban J connectivity index is 1.34. The van der Waals surface area contributed by atoms with Crippen molar-refractivity contribution in [1.82, 2.24) is 4.90 Å². The van der Waals surface area contributed by atoms with Gasteiger partial charge in [0.15, 0.2) is 11.8 Å². The van der Waals surface area contributed by atoms with Gasteiger partial charge < -0.3 is 15.0 Å². The first-order valence-electron chi connectivity index (χ1n) is 8.16. The molecule has 5 nitrogen and oxygen atoms in total. The normalized spacial score (nSPS) is 15.3. The molecule has 1 N–H and O–H groups in total. The minimum Gasteiger partial charge on any atom is -0.484 e. The van der Waals surface area contributed by atoms with Crippen molar-refractivity contribution in [3.8, 4) is 5.75 Å². The van der Waals surface area contributed by atoms with Crippen molar-refractivity contribution >= 4 is 45.8 Å². The van der Waals surface area contributed by atoms with Crippen molar-refractivity contribution < 1.29 is 9.53 Å². The third-order valence-corrected chi connectivity index (χ3v) is 5.14. The lowest BCUT2D eigenvalue weighted by Gasteiger charge is -2.17. The van der Waals surface area contributed by atoms with Crippen molar-refractivity contribution in [2.45, 2.75) is 0 Å². The van der Waals surface area contributed by atoms with Gasteiger partial charge in [-0.3, -0.25) is 9.79 Å². The van der Waals surface area contributed by atoms with Crippen LogP contribution in [0.25, 0.3) is 5.70 Å². The summed E-state index contributed by atoms with van der Waals surface area (Å²) in [5, 5.41) is 6.59. The minimum atomic E-state index is -0.220. The van der Waals surface area contributed by atoms with E-state index in [9.17, 15) is 4.79 Å². The molecule has 2 aromatic rings. The second kappa shape index (κ2) is 7.43. The first-order chi connectivity index (χ1) is 12.7. The number of aliphatic imine (C=N–C) groups is 1. The highest BCUT2D eigenvalue weighted by molar-refractivity contribution is 8.16. The van der Waals surface area contributed by atoms with Crippen molar-refractivity contribution in [3.63, 3.8) is 0 Å². The number of fused-ring (bicyclic) bond motifs is 1. The number of amides is 1. The van der Waals surface area contributed by atoms with Crippen LogP contribution in [0, 0.1) is 0 Å². The highest BCUT2D eigenvalue weighted by Crippen LogP contribution is 2.35. The zero-order chi connectivity index (χ0) is 17.9. The van der Waals surface area contributed by atoms with Gasteiger partial charge in [0.1, 0.15) is 5.75 Å². The number of hydrogen-bond acceptors (Lipinski definition) is 5. The number of nitrogens with one attached hydrogen (secondary N) is 1. The first-order valence-corrected chi connectivity index (χ1v) is 9.42. The number of halogens is 1. The standard InChI is InChI=1S/C19H16ClN3O2S/c20-14-2-1-3-16(10-14)25-11-18(24)22-15-6-4-13(5-7-15)17-12-26-19-21-8-9-23(17)19/h1-7,10,12H,8-9,11H2,(H,22,24). The monoisotopic (exact) mass is 385 g/mol. The number of rotatable bonds is 5. The Morgan fingerprint density at radius 3 is 2.92 bits per heavy atom. The van der Waals surface area contributed by atoms with Crippen molar-refractivity contribution in [3.05, 3.63) is 64.5 Å². The molecule has 26 heavy (non-hydrogen) atoms. The molecule has 0 aliphatic carbocycles. The van der Waals surface area contributed by atoms with Crippen LogP contribution < -0.4 is 10.1 Å². The zero-order valence-corrected chi connectivity index (χ0v) is 15.4. The van der Waals surface area contributed by atoms with E-state index in [4.69, 9.17) is 16.3 Å². The van der Waals surface area contributed by atoms with E-state index in [-0.39, 0.29) is 12.5 Å². The fraction of sp³-hybridized carbons (Fsp3) is 0.158. The number of ether oxygens (including phenoxy) is 1. The number of hydrogen-bond donors (Lipinski definition) is 1. The van der Waals surface area contributed by atoms with E-state index < -0.39 is 0 Å². The molecule has 0 saturated heterocycles. The number of benzene rings is 2. The van der Waals surface area contributed by atoms with Gasteiger partial charge in [-0.05, 0) is 35.9 Å². The maximum atomic E-state index is 12.1. The predicted molar refractivity (Wildman–Crippen MR) is 107 cm³/mol. The Hall–Kier alpha value is -2.44. The van der Waals surface area contributed by atoms with Crippen LogP contribution >= 0.6 is 23.4 Å². The summed E-state index contributed by atoms with van der Waals surface area (Å²) in [4.78, 5) is 18.7. The summed E-state index contributed by atoms with van der Waals surface area (Å²) in [5.74, 6) is 0.346. The number of amidine groups is 1. The summed E-state index contributed by atoms with van der Waals surface area (Å²) >= 11 is 7.55. The number of thioether (sulfide) groups is 1. The first kappa shape index (κ1) is 17.0. The Kier molecular flexibility index (Phi) is 4.86. The molecule has 2 heterocycles. The van der Waals surface area contributed by atoms with Crippen LogP contribution in [-0.2, 0) is 4.79 Å². The SMILES string of the molecule is O=C(COc1cccc(Cl)c1)Nc1ccc(C2=CSC3=NCCN23)cc1. The van der Waals surface area contributed by atoms with Crippen LogP contribution in [0.4, 0.5) is 5.69 Å². The second-order valence-electron chi connectivity index (χ2n) is 5.81. The molecular formula is C19H16ClN3O2S. The van der Waals surface area contributed by atoms with E-state index in [1.165, 1.54) is 0 Å². The van der Waals surface area contributed by atoms with Crippen molar-refractivity contribution in [1.29, 1.82) is 0 Å². The average Bonchev–Trinajstić information content (AvgIpc) is 3.25. The fourth-order valence-electron chi connectivity index (χ4n) is 2.77. The Morgan fingerprint density at radius 2 is 2.12 bits per heavy atom. The van der Waals surface area contributed by atoms with Gasteiger partial charge in [-0.15, -0.1) is 0 Å². The molecular weight excluding hydrogens is 370 g/mol. The maximum absolute atomic E-state index is 12.1. The summed E-state index contributed by atoms with van der Waals surface area (Å²) < 4.78 is 5.44. The lowest BCUT2D eigenvalue weighted by molar-refractivity contribution is -0.118. The Labute approximate surface area is 160 Å². The van der Waals surface area contributed by atoms with Crippen LogP contribution in [0.2, 0.25) is 5.02 Å². The molecule has 0 saturated carbocycles. The largest absolute Gasteiger partial charge is 0.484 e. The molecule has 4 rings (SSSR count). The van der Waals surface area contributed by atoms with E-state index in [1.807, 2.05) is 24.3 Å². The summed E-state index contributed by atoms with van der Waals surface area (Å²) in [6.07, 6.45) is 0. The Bertz CT molecular complexity index is 896. The molecule has 2 aromatic carbocycles. The molecule has 1 amide bonds. The molecule has 0 radical (unpaired) electrons. The highest BCUT2D eigenvalue weighted by atomic mass is 35.5. The highest BCUT2D eigenvalue weighted by Gasteiger charge is 2.26. The van der Waals surface area contributed by atoms with Crippen LogP contribution in [0.3, 0.4) is 0 Å². The number of nitrogens with zero attached hydrogens (tertiary/aromatic N) is 2. The van der Waals surface area contributed by atoms with E-state index in [0.717, 1.165) is 35.2 Å². The Morgan fingerprint density at radius 1 is 1.27 bits per heavy atom. The summed E-state index contributed by atoms with van der Waals surface area (Å²) in [6, 6.07) is 14.8. The van der Waals surface area contributed by atoms with Gasteiger partial charge in [-0.1, -0.05) is 41.6 Å². The molecule has 0 spiro atoms. The minimum absolute atomic E-state index is 0.0719. The van der Waals surface area contributed by atoms with Crippen LogP contribution in [0.15, 0.2) is 58.9 Å². The molecule has 0 unspecified atom stereocenters. The summed E-state index contributed by atoms with van der Waals surface area (Å²) in [5.41, 5.74) is 3.00. The molecule has 132 valence electrons. The van der Waals surface area contributed by atoms with Gasteiger partial charge in [0, 0.05) is 22.7 Å². The van der Waals surface area contributed by atoms with E-state index in [2.05, 4.69) is 20.6 Å². The van der Waals surface area contributed by atoms with Crippen molar-refractivity contribution in [2.75, 3.05) is 25.0 Å². The van der Waals surface area contributed by atoms with Gasteiger partial charge in [0.05, 0.1) is 12.2 Å². The summed E-state index contributed by atoms with van der Waals surface area (Å²) in [6.45, 7) is 1.70. The fourth-order valence-corrected chi connectivity index (χ4v) is 3.92. The van der Waals surface area contributed by atoms with Gasteiger partial charge >= 0.3 is 0 Å². The smallest absolute Gasteiger partial charge is 0.262 e. The predicted octanol–water partition coefficient (Wildman–Crippen LogP) is 4.07. The van der Waals surface area contributed by atoms with Crippen LogP contribution in [-0.4, -0.2) is 35.7 Å². The zero-order valence-electron chi connectivity index (χ0n) is 13.8. The molecule has 0 atom stereocenters. The number of carbonyl (C=O) groups is 1. The van der Waals surface area contributed by atoms with Gasteiger partial charge in [0.25, 0.3) is 5.91 Å². The quantitative estimate of drug-likeness (QED) is 0.842. The summed E-state index contributed by atoms with van der Waals surface area (Å²) in [7, 11) is 0. The van der Waals surface area contributed by atoms with E-state index in [1.54, 1.807) is 36.0 Å². The molecule has 0 aromatic heterocycles. The number of anilines is 1. The van der Waals surface area contributed by atoms with Gasteiger partial charge in [-0.25, -0.2) is 0 Å². The second-order valence-corrected chi connectivity index (χ2v) is 7.08. The topological polar surface area (TPSA) is 53.9 Å². The molecule has 7 heteroatoms. The number of carbonyl (C=O) groups excluding carboxylic acids is 1. The van der Waals surface area contributed by atoms with Gasteiger partial charge in [0.2, 0.25) is 0 Å². The van der Waals surface area contributed by atoms with Crippen molar-refractivity contribution in [2.24, 2.45) is 4.99 Å². The van der Waals surface area contributed by atoms with Gasteiger partial charge in [-0.2, -0.15) is 0 Å².